The lowest BCUT2D eigenvalue weighted by Crippen LogP contribution is -2.37. The Morgan fingerprint density at radius 3 is 2.40 bits per heavy atom. The molecule has 0 radical (unpaired) electrons. The lowest BCUT2D eigenvalue weighted by molar-refractivity contribution is -0.136. The first kappa shape index (κ1) is 15.8. The van der Waals surface area contributed by atoms with Gasteiger partial charge in [-0.1, -0.05) is 23.7 Å². The van der Waals surface area contributed by atoms with Crippen LogP contribution >= 0.6 is 11.6 Å². The van der Waals surface area contributed by atoms with Gasteiger partial charge in [0.2, 0.25) is 5.91 Å². The van der Waals surface area contributed by atoms with E-state index in [1.54, 1.807) is 36.4 Å². The van der Waals surface area contributed by atoms with Crippen molar-refractivity contribution in [2.24, 2.45) is 0 Å². The number of halogens is 2. The van der Waals surface area contributed by atoms with Crippen molar-refractivity contribution in [2.75, 3.05) is 11.5 Å². The van der Waals surface area contributed by atoms with Crippen molar-refractivity contribution in [3.63, 3.8) is 0 Å². The van der Waals surface area contributed by atoms with Crippen LogP contribution in [0.2, 0.25) is 5.02 Å². The number of hydrogen-bond acceptors (Lipinski definition) is 3. The van der Waals surface area contributed by atoms with E-state index in [1.807, 2.05) is 0 Å². The summed E-state index contributed by atoms with van der Waals surface area (Å²) >= 11 is 5.91. The summed E-state index contributed by atoms with van der Waals surface area (Å²) in [6, 6.07) is 12.7. The molecule has 6 heteroatoms. The van der Waals surface area contributed by atoms with E-state index in [-0.39, 0.29) is 24.8 Å². The van der Waals surface area contributed by atoms with E-state index >= 15 is 0 Å². The lowest BCUT2D eigenvalue weighted by atomic mass is 9.84. The smallest absolute Gasteiger partial charge is 0.336 e. The summed E-state index contributed by atoms with van der Waals surface area (Å²) in [7, 11) is 0. The van der Waals surface area contributed by atoms with Crippen LogP contribution in [-0.4, -0.2) is 18.5 Å². The number of hydrogen-bond donors (Lipinski definition) is 0. The quantitative estimate of drug-likeness (QED) is 0.768. The molecule has 2 aromatic carbocycles. The van der Waals surface area contributed by atoms with Gasteiger partial charge in [-0.05, 0) is 42.0 Å². The molecular formula is C19H13ClFNO3. The summed E-state index contributed by atoms with van der Waals surface area (Å²) in [6.07, 6.45) is 0.113. The standard InChI is InChI=1S/C19H13ClFNO3/c20-12-3-7-14(8-4-12)22-16-10-25-19(24)18(16)15(9-17(22)23)11-1-5-13(21)6-2-11/h1-8,15H,9-10H2. The normalized spacial score (nSPS) is 19.9. The Labute approximate surface area is 148 Å². The Balaban J connectivity index is 1.81. The van der Waals surface area contributed by atoms with Gasteiger partial charge in [-0.15, -0.1) is 0 Å². The molecule has 0 fully saturated rings. The SMILES string of the molecule is O=C1OCC2=C1C(c1ccc(F)cc1)CC(=O)N2c1ccc(Cl)cc1. The molecule has 2 aliphatic rings. The third-order valence-corrected chi connectivity index (χ3v) is 4.73. The fourth-order valence-electron chi connectivity index (χ4n) is 3.32. The van der Waals surface area contributed by atoms with Crippen LogP contribution in [-0.2, 0) is 14.3 Å². The van der Waals surface area contributed by atoms with E-state index in [4.69, 9.17) is 16.3 Å². The molecule has 0 spiro atoms. The zero-order chi connectivity index (χ0) is 17.6. The fourth-order valence-corrected chi connectivity index (χ4v) is 3.45. The van der Waals surface area contributed by atoms with Crippen LogP contribution in [0.5, 0.6) is 0 Å². The molecule has 1 atom stereocenters. The molecular weight excluding hydrogens is 345 g/mol. The molecule has 4 rings (SSSR count). The Morgan fingerprint density at radius 2 is 1.72 bits per heavy atom. The van der Waals surface area contributed by atoms with Crippen molar-refractivity contribution >= 4 is 29.2 Å². The van der Waals surface area contributed by atoms with Gasteiger partial charge in [0.1, 0.15) is 12.4 Å². The van der Waals surface area contributed by atoms with E-state index in [1.165, 1.54) is 17.0 Å². The van der Waals surface area contributed by atoms with Crippen LogP contribution in [0.4, 0.5) is 10.1 Å². The molecule has 0 aliphatic carbocycles. The topological polar surface area (TPSA) is 46.6 Å². The van der Waals surface area contributed by atoms with Gasteiger partial charge in [-0.25, -0.2) is 9.18 Å². The Kier molecular flexibility index (Phi) is 3.81. The molecule has 2 heterocycles. The Morgan fingerprint density at radius 1 is 1.04 bits per heavy atom. The second-order valence-corrected chi connectivity index (χ2v) is 6.39. The molecule has 1 amide bonds. The number of benzene rings is 2. The average Bonchev–Trinajstić information content (AvgIpc) is 2.98. The first-order valence-electron chi connectivity index (χ1n) is 7.79. The predicted molar refractivity (Wildman–Crippen MR) is 90.7 cm³/mol. The van der Waals surface area contributed by atoms with Crippen molar-refractivity contribution in [1.29, 1.82) is 0 Å². The molecule has 0 aromatic heterocycles. The number of ether oxygens (including phenoxy) is 1. The Hall–Kier alpha value is -2.66. The van der Waals surface area contributed by atoms with Gasteiger partial charge in [0.15, 0.2) is 0 Å². The van der Waals surface area contributed by atoms with Gasteiger partial charge in [0, 0.05) is 23.0 Å². The van der Waals surface area contributed by atoms with Gasteiger partial charge in [-0.3, -0.25) is 9.69 Å². The highest BCUT2D eigenvalue weighted by Crippen LogP contribution is 2.41. The predicted octanol–water partition coefficient (Wildman–Crippen LogP) is 3.81. The number of amides is 1. The maximum atomic E-state index is 13.2. The van der Waals surface area contributed by atoms with Crippen LogP contribution in [0, 0.1) is 5.82 Å². The summed E-state index contributed by atoms with van der Waals surface area (Å²) in [4.78, 5) is 26.6. The highest BCUT2D eigenvalue weighted by atomic mass is 35.5. The van der Waals surface area contributed by atoms with Gasteiger partial charge in [-0.2, -0.15) is 0 Å². The number of rotatable bonds is 2. The third-order valence-electron chi connectivity index (χ3n) is 4.47. The number of carbonyl (C=O) groups excluding carboxylic acids is 2. The molecule has 0 N–H and O–H groups in total. The Bertz CT molecular complexity index is 890. The summed E-state index contributed by atoms with van der Waals surface area (Å²) in [5, 5.41) is 0.561. The zero-order valence-electron chi connectivity index (χ0n) is 13.0. The summed E-state index contributed by atoms with van der Waals surface area (Å²) in [5.41, 5.74) is 2.36. The van der Waals surface area contributed by atoms with E-state index in [0.717, 1.165) is 5.56 Å². The highest BCUT2D eigenvalue weighted by molar-refractivity contribution is 6.30. The number of esters is 1. The lowest BCUT2D eigenvalue weighted by Gasteiger charge is -2.31. The third kappa shape index (κ3) is 2.70. The minimum atomic E-state index is -0.434. The van der Waals surface area contributed by atoms with Crippen LogP contribution in [0.1, 0.15) is 17.9 Å². The molecule has 2 aliphatic heterocycles. The molecule has 1 unspecified atom stereocenters. The van der Waals surface area contributed by atoms with E-state index < -0.39 is 11.9 Å². The molecule has 25 heavy (non-hydrogen) atoms. The molecule has 0 saturated heterocycles. The molecule has 0 saturated carbocycles. The van der Waals surface area contributed by atoms with Gasteiger partial charge in [0.25, 0.3) is 0 Å². The minimum absolute atomic E-state index is 0.0419. The summed E-state index contributed by atoms with van der Waals surface area (Å²) in [6.45, 7) is 0.0419. The van der Waals surface area contributed by atoms with Gasteiger partial charge in [0.05, 0.1) is 11.3 Å². The molecule has 0 bridgehead atoms. The van der Waals surface area contributed by atoms with Crippen LogP contribution in [0.3, 0.4) is 0 Å². The molecule has 126 valence electrons. The zero-order valence-corrected chi connectivity index (χ0v) is 13.8. The number of cyclic esters (lactones) is 1. The maximum absolute atomic E-state index is 13.2. The van der Waals surface area contributed by atoms with Crippen LogP contribution < -0.4 is 4.90 Å². The summed E-state index contributed by atoms with van der Waals surface area (Å²) in [5.74, 6) is -1.37. The number of anilines is 1. The first-order valence-corrected chi connectivity index (χ1v) is 8.16. The fraction of sp³-hybridized carbons (Fsp3) is 0.158. The minimum Gasteiger partial charge on any atom is -0.456 e. The van der Waals surface area contributed by atoms with Crippen LogP contribution in [0.15, 0.2) is 59.8 Å². The second kappa shape index (κ2) is 6.01. The van der Waals surface area contributed by atoms with E-state index in [2.05, 4.69) is 0 Å². The van der Waals surface area contributed by atoms with Crippen molar-refractivity contribution < 1.29 is 18.7 Å². The van der Waals surface area contributed by atoms with E-state index in [0.29, 0.717) is 22.0 Å². The van der Waals surface area contributed by atoms with Crippen molar-refractivity contribution in [3.05, 3.63) is 76.2 Å². The van der Waals surface area contributed by atoms with Crippen molar-refractivity contribution in [2.45, 2.75) is 12.3 Å². The number of carbonyl (C=O) groups is 2. The molecule has 4 nitrogen and oxygen atoms in total. The second-order valence-electron chi connectivity index (χ2n) is 5.95. The first-order chi connectivity index (χ1) is 12.0. The van der Waals surface area contributed by atoms with E-state index in [9.17, 15) is 14.0 Å². The van der Waals surface area contributed by atoms with Gasteiger partial charge >= 0.3 is 5.97 Å². The average molecular weight is 358 g/mol. The van der Waals surface area contributed by atoms with Crippen LogP contribution in [0.25, 0.3) is 0 Å². The maximum Gasteiger partial charge on any atom is 0.336 e. The monoisotopic (exact) mass is 357 g/mol. The van der Waals surface area contributed by atoms with Crippen molar-refractivity contribution in [3.8, 4) is 0 Å². The molecule has 2 aromatic rings. The summed E-state index contributed by atoms with van der Waals surface area (Å²) < 4.78 is 18.4. The van der Waals surface area contributed by atoms with Crippen molar-refractivity contribution in [1.82, 2.24) is 0 Å². The highest BCUT2D eigenvalue weighted by Gasteiger charge is 2.42. The van der Waals surface area contributed by atoms with Gasteiger partial charge < -0.3 is 4.74 Å². The number of nitrogens with zero attached hydrogens (tertiary/aromatic N) is 1. The largest absolute Gasteiger partial charge is 0.456 e.